The molecule has 1 aromatic heterocycles. The van der Waals surface area contributed by atoms with E-state index in [9.17, 15) is 8.42 Å². The molecule has 0 saturated heterocycles. The topological polar surface area (TPSA) is 73.2 Å². The molecule has 7 heteroatoms. The van der Waals surface area contributed by atoms with Gasteiger partial charge in [0, 0.05) is 0 Å². The molecular formula is C14H19N3O3S. The van der Waals surface area contributed by atoms with Crippen molar-refractivity contribution in [3.8, 4) is 5.75 Å². The molecule has 0 spiro atoms. The van der Waals surface area contributed by atoms with E-state index in [-0.39, 0.29) is 0 Å². The Morgan fingerprint density at radius 1 is 1.33 bits per heavy atom. The predicted octanol–water partition coefficient (Wildman–Crippen LogP) is 1.93. The fraction of sp³-hybridized carbons (Fsp3) is 0.357. The van der Waals surface area contributed by atoms with Crippen molar-refractivity contribution in [3.05, 3.63) is 41.2 Å². The number of aromatic nitrogens is 2. The number of ether oxygens (including phenoxy) is 1. The van der Waals surface area contributed by atoms with Gasteiger partial charge in [0.05, 0.1) is 37.0 Å². The maximum Gasteiger partial charge on any atom is 0.229 e. The standard InChI is InChI=1S/C14H19N3O3S/c1-10-14(16-21(4,18)19)11(2)17(15-10)9-12-6-5-7-13(8-12)20-3/h5-8,16H,9H2,1-4H3. The third-order valence-electron chi connectivity index (χ3n) is 3.14. The number of hydrogen-bond acceptors (Lipinski definition) is 4. The largest absolute Gasteiger partial charge is 0.497 e. The van der Waals surface area contributed by atoms with Crippen LogP contribution in [0.1, 0.15) is 17.0 Å². The van der Waals surface area contributed by atoms with E-state index in [2.05, 4.69) is 9.82 Å². The second kappa shape index (κ2) is 5.77. The molecule has 114 valence electrons. The van der Waals surface area contributed by atoms with Gasteiger partial charge in [-0.3, -0.25) is 9.40 Å². The molecule has 1 aromatic carbocycles. The van der Waals surface area contributed by atoms with E-state index in [0.29, 0.717) is 17.9 Å². The van der Waals surface area contributed by atoms with E-state index >= 15 is 0 Å². The summed E-state index contributed by atoms with van der Waals surface area (Å²) in [5.74, 6) is 0.781. The highest BCUT2D eigenvalue weighted by Gasteiger charge is 2.15. The molecule has 0 aliphatic rings. The summed E-state index contributed by atoms with van der Waals surface area (Å²) in [4.78, 5) is 0. The first-order chi connectivity index (χ1) is 9.80. The summed E-state index contributed by atoms with van der Waals surface area (Å²) in [7, 11) is -1.69. The third-order valence-corrected chi connectivity index (χ3v) is 3.71. The first-order valence-electron chi connectivity index (χ1n) is 6.45. The Kier molecular flexibility index (Phi) is 4.22. The average Bonchev–Trinajstić information content (AvgIpc) is 2.65. The predicted molar refractivity (Wildman–Crippen MR) is 82.3 cm³/mol. The fourth-order valence-electron chi connectivity index (χ4n) is 2.13. The van der Waals surface area contributed by atoms with Crippen LogP contribution in [0, 0.1) is 13.8 Å². The molecule has 0 aliphatic heterocycles. The lowest BCUT2D eigenvalue weighted by Crippen LogP contribution is -2.11. The van der Waals surface area contributed by atoms with Crippen LogP contribution in [-0.4, -0.2) is 31.6 Å². The zero-order valence-electron chi connectivity index (χ0n) is 12.5. The monoisotopic (exact) mass is 309 g/mol. The van der Waals surface area contributed by atoms with Crippen LogP contribution in [0.2, 0.25) is 0 Å². The van der Waals surface area contributed by atoms with Crippen molar-refractivity contribution < 1.29 is 13.2 Å². The van der Waals surface area contributed by atoms with Crippen molar-refractivity contribution in [1.82, 2.24) is 9.78 Å². The summed E-state index contributed by atoms with van der Waals surface area (Å²) in [6.45, 7) is 4.17. The number of rotatable bonds is 5. The van der Waals surface area contributed by atoms with Crippen LogP contribution in [-0.2, 0) is 16.6 Å². The van der Waals surface area contributed by atoms with Crippen LogP contribution < -0.4 is 9.46 Å². The number of aryl methyl sites for hydroxylation is 1. The molecule has 0 atom stereocenters. The van der Waals surface area contributed by atoms with E-state index in [0.717, 1.165) is 23.3 Å². The van der Waals surface area contributed by atoms with Crippen LogP contribution >= 0.6 is 0 Å². The molecule has 1 heterocycles. The van der Waals surface area contributed by atoms with E-state index in [1.54, 1.807) is 18.7 Å². The van der Waals surface area contributed by atoms with Crippen molar-refractivity contribution in [1.29, 1.82) is 0 Å². The normalized spacial score (nSPS) is 11.4. The van der Waals surface area contributed by atoms with Gasteiger partial charge in [-0.15, -0.1) is 0 Å². The van der Waals surface area contributed by atoms with Crippen molar-refractivity contribution in [3.63, 3.8) is 0 Å². The second-order valence-corrected chi connectivity index (χ2v) is 6.68. The zero-order valence-corrected chi connectivity index (χ0v) is 13.4. The Morgan fingerprint density at radius 2 is 2.05 bits per heavy atom. The molecule has 21 heavy (non-hydrogen) atoms. The quantitative estimate of drug-likeness (QED) is 0.916. The van der Waals surface area contributed by atoms with Gasteiger partial charge in [0.25, 0.3) is 0 Å². The average molecular weight is 309 g/mol. The van der Waals surface area contributed by atoms with Gasteiger partial charge in [0.2, 0.25) is 10.0 Å². The number of sulfonamides is 1. The van der Waals surface area contributed by atoms with Crippen LogP contribution in [0.3, 0.4) is 0 Å². The van der Waals surface area contributed by atoms with E-state index < -0.39 is 10.0 Å². The zero-order chi connectivity index (χ0) is 15.6. The molecule has 2 rings (SSSR count). The van der Waals surface area contributed by atoms with Gasteiger partial charge < -0.3 is 4.74 Å². The molecular weight excluding hydrogens is 290 g/mol. The second-order valence-electron chi connectivity index (χ2n) is 4.93. The smallest absolute Gasteiger partial charge is 0.229 e. The minimum atomic E-state index is -3.32. The van der Waals surface area contributed by atoms with Crippen molar-refractivity contribution >= 4 is 15.7 Å². The third kappa shape index (κ3) is 3.75. The molecule has 0 fully saturated rings. The Hall–Kier alpha value is -2.02. The van der Waals surface area contributed by atoms with Crippen molar-refractivity contribution in [2.24, 2.45) is 0 Å². The molecule has 0 radical (unpaired) electrons. The van der Waals surface area contributed by atoms with Gasteiger partial charge in [0.15, 0.2) is 0 Å². The van der Waals surface area contributed by atoms with Gasteiger partial charge in [-0.25, -0.2) is 8.42 Å². The van der Waals surface area contributed by atoms with Crippen LogP contribution in [0.4, 0.5) is 5.69 Å². The summed E-state index contributed by atoms with van der Waals surface area (Å²) >= 11 is 0. The van der Waals surface area contributed by atoms with Gasteiger partial charge in [-0.2, -0.15) is 5.10 Å². The minimum absolute atomic E-state index is 0.542. The number of hydrogen-bond donors (Lipinski definition) is 1. The highest BCUT2D eigenvalue weighted by Crippen LogP contribution is 2.22. The van der Waals surface area contributed by atoms with Crippen molar-refractivity contribution in [2.45, 2.75) is 20.4 Å². The maximum atomic E-state index is 11.4. The lowest BCUT2D eigenvalue weighted by Gasteiger charge is -2.08. The van der Waals surface area contributed by atoms with E-state index in [1.807, 2.05) is 31.2 Å². The molecule has 2 aromatic rings. The molecule has 0 bridgehead atoms. The molecule has 0 aliphatic carbocycles. The molecule has 1 N–H and O–H groups in total. The van der Waals surface area contributed by atoms with Crippen LogP contribution in [0.25, 0.3) is 0 Å². The maximum absolute atomic E-state index is 11.4. The molecule has 6 nitrogen and oxygen atoms in total. The lowest BCUT2D eigenvalue weighted by atomic mass is 10.2. The summed E-state index contributed by atoms with van der Waals surface area (Å²) < 4.78 is 32.3. The van der Waals surface area contributed by atoms with E-state index in [1.165, 1.54) is 0 Å². The van der Waals surface area contributed by atoms with Gasteiger partial charge in [-0.05, 0) is 31.5 Å². The summed E-state index contributed by atoms with van der Waals surface area (Å²) in [6, 6.07) is 7.69. The molecule has 0 saturated carbocycles. The number of nitrogens with one attached hydrogen (secondary N) is 1. The Labute approximate surface area is 124 Å². The number of benzene rings is 1. The summed E-state index contributed by atoms with van der Waals surface area (Å²) in [5.41, 5.74) is 3.01. The highest BCUT2D eigenvalue weighted by molar-refractivity contribution is 7.92. The molecule has 0 amide bonds. The van der Waals surface area contributed by atoms with Gasteiger partial charge >= 0.3 is 0 Å². The fourth-order valence-corrected chi connectivity index (χ4v) is 2.79. The Balaban J connectivity index is 2.31. The first-order valence-corrected chi connectivity index (χ1v) is 8.34. The number of anilines is 1. The highest BCUT2D eigenvalue weighted by atomic mass is 32.2. The lowest BCUT2D eigenvalue weighted by molar-refractivity contribution is 0.414. The van der Waals surface area contributed by atoms with Gasteiger partial charge in [0.1, 0.15) is 5.75 Å². The van der Waals surface area contributed by atoms with E-state index in [4.69, 9.17) is 4.74 Å². The van der Waals surface area contributed by atoms with Crippen LogP contribution in [0.15, 0.2) is 24.3 Å². The van der Waals surface area contributed by atoms with Crippen LogP contribution in [0.5, 0.6) is 5.75 Å². The summed E-state index contributed by atoms with van der Waals surface area (Å²) in [5, 5.41) is 4.39. The minimum Gasteiger partial charge on any atom is -0.497 e. The number of methoxy groups -OCH3 is 1. The summed E-state index contributed by atoms with van der Waals surface area (Å²) in [6.07, 6.45) is 1.13. The Morgan fingerprint density at radius 3 is 2.67 bits per heavy atom. The first kappa shape index (κ1) is 15.4. The Bertz CT molecular complexity index is 751. The molecule has 0 unspecified atom stereocenters. The SMILES string of the molecule is COc1cccc(Cn2nc(C)c(NS(C)(=O)=O)c2C)c1. The number of nitrogens with zero attached hydrogens (tertiary/aromatic N) is 2. The van der Waals surface area contributed by atoms with Gasteiger partial charge in [-0.1, -0.05) is 12.1 Å². The van der Waals surface area contributed by atoms with Crippen molar-refractivity contribution in [2.75, 3.05) is 18.1 Å².